The first-order valence-electron chi connectivity index (χ1n) is 6.71. The minimum Gasteiger partial charge on any atom is -0.481 e. The first-order chi connectivity index (χ1) is 11.0. The van der Waals surface area contributed by atoms with E-state index in [9.17, 15) is 9.18 Å². The third kappa shape index (κ3) is 3.40. The number of hydrogen-bond acceptors (Lipinski definition) is 5. The van der Waals surface area contributed by atoms with E-state index in [-0.39, 0.29) is 24.1 Å². The molecule has 1 aromatic carbocycles. The first kappa shape index (κ1) is 15.6. The molecule has 0 radical (unpaired) electrons. The Hall–Kier alpha value is -2.25. The average Bonchev–Trinajstić information content (AvgIpc) is 2.91. The van der Waals surface area contributed by atoms with Crippen molar-refractivity contribution in [3.63, 3.8) is 0 Å². The van der Waals surface area contributed by atoms with Gasteiger partial charge in [-0.05, 0) is 29.3 Å². The second-order valence-electron chi connectivity index (χ2n) is 4.75. The van der Waals surface area contributed by atoms with E-state index >= 15 is 0 Å². The van der Waals surface area contributed by atoms with Crippen molar-refractivity contribution in [2.45, 2.75) is 6.42 Å². The van der Waals surface area contributed by atoms with E-state index in [1.165, 1.54) is 23.5 Å². The van der Waals surface area contributed by atoms with Crippen LogP contribution in [0.15, 0.2) is 29.6 Å². The maximum atomic E-state index is 13.1. The SMILES string of the molecule is O=C(O)CCNc1nc(Cl)nc2scc(-c3ccc(F)cc3)c12. The highest BCUT2D eigenvalue weighted by Crippen LogP contribution is 2.37. The number of aromatic nitrogens is 2. The minimum absolute atomic E-state index is 0.0425. The van der Waals surface area contributed by atoms with Crippen molar-refractivity contribution in [3.8, 4) is 11.1 Å². The third-order valence-corrected chi connectivity index (χ3v) is 4.23. The van der Waals surface area contributed by atoms with E-state index in [1.54, 1.807) is 12.1 Å². The molecule has 2 aromatic heterocycles. The van der Waals surface area contributed by atoms with Crippen molar-refractivity contribution in [2.24, 2.45) is 0 Å². The monoisotopic (exact) mass is 351 g/mol. The van der Waals surface area contributed by atoms with Crippen LogP contribution in [-0.4, -0.2) is 27.6 Å². The zero-order valence-corrected chi connectivity index (χ0v) is 13.3. The number of nitrogens with zero attached hydrogens (tertiary/aromatic N) is 2. The largest absolute Gasteiger partial charge is 0.481 e. The zero-order chi connectivity index (χ0) is 16.4. The Morgan fingerprint density at radius 1 is 1.30 bits per heavy atom. The summed E-state index contributed by atoms with van der Waals surface area (Å²) in [6.07, 6.45) is -0.0425. The van der Waals surface area contributed by atoms with Crippen molar-refractivity contribution in [2.75, 3.05) is 11.9 Å². The summed E-state index contributed by atoms with van der Waals surface area (Å²) in [4.78, 5) is 19.7. The smallest absolute Gasteiger partial charge is 0.305 e. The summed E-state index contributed by atoms with van der Waals surface area (Å²) < 4.78 is 13.1. The highest BCUT2D eigenvalue weighted by Gasteiger charge is 2.15. The lowest BCUT2D eigenvalue weighted by atomic mass is 10.1. The first-order valence-corrected chi connectivity index (χ1v) is 7.96. The lowest BCUT2D eigenvalue weighted by Gasteiger charge is -2.08. The molecule has 0 amide bonds. The van der Waals surface area contributed by atoms with Gasteiger partial charge < -0.3 is 10.4 Å². The van der Waals surface area contributed by atoms with Crippen LogP contribution in [0.3, 0.4) is 0 Å². The van der Waals surface area contributed by atoms with Gasteiger partial charge in [-0.15, -0.1) is 11.3 Å². The molecular weight excluding hydrogens is 341 g/mol. The molecule has 8 heteroatoms. The number of fused-ring (bicyclic) bond motifs is 1. The van der Waals surface area contributed by atoms with Gasteiger partial charge in [-0.2, -0.15) is 0 Å². The van der Waals surface area contributed by atoms with Gasteiger partial charge in [-0.3, -0.25) is 4.79 Å². The number of carbonyl (C=O) groups is 1. The fourth-order valence-corrected chi connectivity index (χ4v) is 3.34. The fraction of sp³-hybridized carbons (Fsp3) is 0.133. The Balaban J connectivity index is 2.05. The molecule has 0 unspecified atom stereocenters. The third-order valence-electron chi connectivity index (χ3n) is 3.19. The molecule has 0 aliphatic rings. The van der Waals surface area contributed by atoms with Gasteiger partial charge in [0.15, 0.2) is 0 Å². The number of rotatable bonds is 5. The van der Waals surface area contributed by atoms with Crippen LogP contribution < -0.4 is 5.32 Å². The molecule has 0 fully saturated rings. The number of halogens is 2. The van der Waals surface area contributed by atoms with Gasteiger partial charge in [0, 0.05) is 17.5 Å². The molecule has 0 bridgehead atoms. The highest BCUT2D eigenvalue weighted by atomic mass is 35.5. The van der Waals surface area contributed by atoms with E-state index in [2.05, 4.69) is 15.3 Å². The summed E-state index contributed by atoms with van der Waals surface area (Å²) in [5, 5.41) is 14.5. The van der Waals surface area contributed by atoms with Gasteiger partial charge in [0.2, 0.25) is 5.28 Å². The maximum absolute atomic E-state index is 13.1. The number of aliphatic carboxylic acids is 1. The Labute approximate surface area is 139 Å². The zero-order valence-electron chi connectivity index (χ0n) is 11.7. The van der Waals surface area contributed by atoms with Crippen molar-refractivity contribution in [1.82, 2.24) is 9.97 Å². The number of thiophene rings is 1. The van der Waals surface area contributed by atoms with Gasteiger partial charge in [0.05, 0.1) is 11.8 Å². The summed E-state index contributed by atoms with van der Waals surface area (Å²) in [6, 6.07) is 6.11. The fourth-order valence-electron chi connectivity index (χ4n) is 2.17. The quantitative estimate of drug-likeness (QED) is 0.678. The second-order valence-corrected chi connectivity index (χ2v) is 5.94. The normalized spacial score (nSPS) is 10.9. The molecule has 0 atom stereocenters. The molecule has 0 saturated heterocycles. The molecule has 23 heavy (non-hydrogen) atoms. The van der Waals surface area contributed by atoms with Gasteiger partial charge >= 0.3 is 5.97 Å². The lowest BCUT2D eigenvalue weighted by Crippen LogP contribution is -2.09. The van der Waals surface area contributed by atoms with Crippen LogP contribution >= 0.6 is 22.9 Å². The predicted molar refractivity (Wildman–Crippen MR) is 88.6 cm³/mol. The molecule has 0 saturated carbocycles. The van der Waals surface area contributed by atoms with Crippen LogP contribution in [0.25, 0.3) is 21.3 Å². The standard InChI is InChI=1S/C15H11ClFN3O2S/c16-15-19-13(18-6-5-11(21)22)12-10(7-23-14(12)20-15)8-1-3-9(17)4-2-8/h1-4,7H,5-6H2,(H,21,22)(H,18,19,20). The van der Waals surface area contributed by atoms with Gasteiger partial charge in [0.25, 0.3) is 0 Å². The van der Waals surface area contributed by atoms with E-state index in [0.717, 1.165) is 16.5 Å². The number of benzene rings is 1. The molecule has 5 nitrogen and oxygen atoms in total. The molecule has 3 rings (SSSR count). The van der Waals surface area contributed by atoms with Crippen LogP contribution in [-0.2, 0) is 4.79 Å². The Bertz CT molecular complexity index is 867. The van der Waals surface area contributed by atoms with Crippen LogP contribution in [0.2, 0.25) is 5.28 Å². The van der Waals surface area contributed by atoms with E-state index in [0.29, 0.717) is 10.6 Å². The van der Waals surface area contributed by atoms with Crippen LogP contribution in [0.5, 0.6) is 0 Å². The molecule has 2 heterocycles. The molecule has 0 aliphatic heterocycles. The minimum atomic E-state index is -0.905. The highest BCUT2D eigenvalue weighted by molar-refractivity contribution is 7.17. The topological polar surface area (TPSA) is 75.1 Å². The summed E-state index contributed by atoms with van der Waals surface area (Å²) in [6.45, 7) is 0.219. The maximum Gasteiger partial charge on any atom is 0.305 e. The summed E-state index contributed by atoms with van der Waals surface area (Å²) in [5.74, 6) is -0.743. The van der Waals surface area contributed by atoms with Gasteiger partial charge in [-0.1, -0.05) is 12.1 Å². The van der Waals surface area contributed by atoms with Crippen molar-refractivity contribution in [3.05, 3.63) is 40.7 Å². The molecule has 118 valence electrons. The molecular formula is C15H11ClFN3O2S. The van der Waals surface area contributed by atoms with E-state index < -0.39 is 5.97 Å². The van der Waals surface area contributed by atoms with Crippen LogP contribution in [0.1, 0.15) is 6.42 Å². The van der Waals surface area contributed by atoms with Crippen molar-refractivity contribution >= 4 is 44.9 Å². The Kier molecular flexibility index (Phi) is 4.40. The van der Waals surface area contributed by atoms with Crippen molar-refractivity contribution < 1.29 is 14.3 Å². The number of anilines is 1. The van der Waals surface area contributed by atoms with Gasteiger partial charge in [0.1, 0.15) is 16.5 Å². The van der Waals surface area contributed by atoms with Crippen LogP contribution in [0.4, 0.5) is 10.2 Å². The van der Waals surface area contributed by atoms with Crippen molar-refractivity contribution in [1.29, 1.82) is 0 Å². The number of nitrogens with one attached hydrogen (secondary N) is 1. The lowest BCUT2D eigenvalue weighted by molar-refractivity contribution is -0.136. The Morgan fingerprint density at radius 3 is 2.74 bits per heavy atom. The predicted octanol–water partition coefficient (Wildman–Crippen LogP) is 4.04. The number of hydrogen-bond donors (Lipinski definition) is 2. The molecule has 3 aromatic rings. The molecule has 0 aliphatic carbocycles. The summed E-state index contributed by atoms with van der Waals surface area (Å²) in [5.41, 5.74) is 1.67. The summed E-state index contributed by atoms with van der Waals surface area (Å²) in [7, 11) is 0. The Morgan fingerprint density at radius 2 is 2.04 bits per heavy atom. The van der Waals surface area contributed by atoms with E-state index in [4.69, 9.17) is 16.7 Å². The average molecular weight is 352 g/mol. The molecule has 2 N–H and O–H groups in total. The van der Waals surface area contributed by atoms with Gasteiger partial charge in [-0.25, -0.2) is 14.4 Å². The summed E-state index contributed by atoms with van der Waals surface area (Å²) >= 11 is 7.32. The molecule has 0 spiro atoms. The second kappa shape index (κ2) is 6.47. The number of carboxylic acids is 1. The van der Waals surface area contributed by atoms with E-state index in [1.807, 2.05) is 5.38 Å². The number of carboxylic acid groups (broad SMARTS) is 1. The van der Waals surface area contributed by atoms with Crippen LogP contribution in [0, 0.1) is 5.82 Å².